The molecule has 2 saturated heterocycles. The molecule has 4 rings (SSSR count). The number of rotatable bonds is 10. The summed E-state index contributed by atoms with van der Waals surface area (Å²) in [6, 6.07) is 10.6. The fourth-order valence-electron chi connectivity index (χ4n) is 5.93. The molecule has 7 nitrogen and oxygen atoms in total. The zero-order valence-corrected chi connectivity index (χ0v) is 21.2. The van der Waals surface area contributed by atoms with E-state index < -0.39 is 0 Å². The van der Waals surface area contributed by atoms with Gasteiger partial charge in [0.1, 0.15) is 0 Å². The molecule has 0 aliphatic carbocycles. The molecule has 1 amide bonds. The van der Waals surface area contributed by atoms with E-state index in [9.17, 15) is 14.9 Å². The number of hydrogen-bond donors (Lipinski definition) is 0. The molecule has 0 saturated carbocycles. The van der Waals surface area contributed by atoms with Gasteiger partial charge in [0.05, 0.1) is 24.3 Å². The summed E-state index contributed by atoms with van der Waals surface area (Å²) in [7, 11) is 0. The number of esters is 1. The Morgan fingerprint density at radius 2 is 1.97 bits per heavy atom. The van der Waals surface area contributed by atoms with Crippen molar-refractivity contribution in [1.29, 1.82) is 5.26 Å². The van der Waals surface area contributed by atoms with Crippen molar-refractivity contribution in [3.63, 3.8) is 0 Å². The number of aryl methyl sites for hydroxylation is 2. The van der Waals surface area contributed by atoms with Gasteiger partial charge in [-0.2, -0.15) is 5.26 Å². The Morgan fingerprint density at radius 3 is 2.74 bits per heavy atom. The molecule has 0 unspecified atom stereocenters. The second-order valence-corrected chi connectivity index (χ2v) is 9.73. The third kappa shape index (κ3) is 5.70. The van der Waals surface area contributed by atoms with Crippen LogP contribution in [0.1, 0.15) is 70.1 Å². The van der Waals surface area contributed by atoms with E-state index in [-0.39, 0.29) is 24.0 Å². The largest absolute Gasteiger partial charge is 0.466 e. The van der Waals surface area contributed by atoms with E-state index in [1.807, 2.05) is 25.1 Å². The van der Waals surface area contributed by atoms with Crippen LogP contribution in [-0.4, -0.2) is 64.6 Å². The van der Waals surface area contributed by atoms with Crippen LogP contribution in [0.4, 0.5) is 0 Å². The van der Waals surface area contributed by atoms with Gasteiger partial charge in [-0.3, -0.25) is 14.5 Å². The molecule has 0 bridgehead atoms. The highest BCUT2D eigenvalue weighted by Gasteiger charge is 2.37. The molecule has 3 heterocycles. The Morgan fingerprint density at radius 1 is 1.14 bits per heavy atom. The van der Waals surface area contributed by atoms with Crippen LogP contribution < -0.4 is 0 Å². The van der Waals surface area contributed by atoms with Gasteiger partial charge >= 0.3 is 5.97 Å². The summed E-state index contributed by atoms with van der Waals surface area (Å²) >= 11 is 0. The van der Waals surface area contributed by atoms with Crippen molar-refractivity contribution in [2.24, 2.45) is 0 Å². The highest BCUT2D eigenvalue weighted by Crippen LogP contribution is 2.29. The average molecular weight is 479 g/mol. The van der Waals surface area contributed by atoms with Crippen molar-refractivity contribution in [2.45, 2.75) is 83.8 Å². The summed E-state index contributed by atoms with van der Waals surface area (Å²) in [5.74, 6) is 0.123. The zero-order valence-electron chi connectivity index (χ0n) is 21.2. The van der Waals surface area contributed by atoms with Gasteiger partial charge < -0.3 is 14.2 Å². The lowest BCUT2D eigenvalue weighted by Gasteiger charge is -2.31. The number of amides is 1. The monoisotopic (exact) mass is 478 g/mol. The van der Waals surface area contributed by atoms with Gasteiger partial charge in [-0.25, -0.2) is 0 Å². The molecular weight excluding hydrogens is 440 g/mol. The van der Waals surface area contributed by atoms with Crippen LogP contribution >= 0.6 is 0 Å². The first-order valence-electron chi connectivity index (χ1n) is 13.3. The molecule has 2 aliphatic heterocycles. The van der Waals surface area contributed by atoms with E-state index >= 15 is 0 Å². The van der Waals surface area contributed by atoms with Gasteiger partial charge in [-0.1, -0.05) is 6.07 Å². The lowest BCUT2D eigenvalue weighted by atomic mass is 10.1. The summed E-state index contributed by atoms with van der Waals surface area (Å²) in [6.07, 6.45) is 7.11. The van der Waals surface area contributed by atoms with Crippen molar-refractivity contribution in [3.05, 3.63) is 35.5 Å². The Kier molecular flexibility index (Phi) is 8.46. The third-order valence-electron chi connectivity index (χ3n) is 7.61. The SMILES string of the molecule is CCOC(=O)CCCN1CCC[C@@H]1C(=O)N1CCC[C@H]1CCc1cc2ccc(C#N)cc2n1CC. The summed E-state index contributed by atoms with van der Waals surface area (Å²) in [4.78, 5) is 29.7. The van der Waals surface area contributed by atoms with Gasteiger partial charge in [-0.05, 0) is 95.5 Å². The van der Waals surface area contributed by atoms with E-state index in [0.29, 0.717) is 18.6 Å². The van der Waals surface area contributed by atoms with E-state index in [1.54, 1.807) is 0 Å². The number of nitrogens with zero attached hydrogens (tertiary/aromatic N) is 4. The lowest BCUT2D eigenvalue weighted by Crippen LogP contribution is -2.47. The third-order valence-corrected chi connectivity index (χ3v) is 7.61. The predicted molar refractivity (Wildman–Crippen MR) is 136 cm³/mol. The zero-order chi connectivity index (χ0) is 24.8. The van der Waals surface area contributed by atoms with Crippen molar-refractivity contribution < 1.29 is 14.3 Å². The molecule has 188 valence electrons. The number of fused-ring (bicyclic) bond motifs is 1. The van der Waals surface area contributed by atoms with E-state index in [2.05, 4.69) is 33.4 Å². The summed E-state index contributed by atoms with van der Waals surface area (Å²) in [5, 5.41) is 10.4. The Balaban J connectivity index is 1.37. The van der Waals surface area contributed by atoms with Gasteiger partial charge in [-0.15, -0.1) is 0 Å². The minimum atomic E-state index is -0.150. The summed E-state index contributed by atoms with van der Waals surface area (Å²) in [6.45, 7) is 7.80. The average Bonchev–Trinajstić information content (AvgIpc) is 3.60. The van der Waals surface area contributed by atoms with Gasteiger partial charge in [0, 0.05) is 36.8 Å². The number of carbonyl (C=O) groups is 2. The first-order chi connectivity index (χ1) is 17.0. The fourth-order valence-corrected chi connectivity index (χ4v) is 5.93. The first kappa shape index (κ1) is 25.2. The standard InChI is InChI=1S/C28H38N4O3/c1-3-31-24(19-22-12-11-21(20-29)18-26(22)31)14-13-23-8-5-17-32(23)28(34)25-9-6-15-30(25)16-7-10-27(33)35-4-2/h11-12,18-19,23,25H,3-10,13-17H2,1-2H3/t23-,25+/m0/s1. The molecule has 2 aliphatic rings. The minimum absolute atomic E-state index is 0.0516. The number of ether oxygens (including phenoxy) is 1. The van der Waals surface area contributed by atoms with Crippen molar-refractivity contribution >= 4 is 22.8 Å². The fraction of sp³-hybridized carbons (Fsp3) is 0.607. The maximum atomic E-state index is 13.6. The highest BCUT2D eigenvalue weighted by atomic mass is 16.5. The van der Waals surface area contributed by atoms with Crippen LogP contribution in [0.25, 0.3) is 10.9 Å². The summed E-state index contributed by atoms with van der Waals surface area (Å²) < 4.78 is 7.34. The number of nitriles is 1. The van der Waals surface area contributed by atoms with Crippen LogP contribution in [-0.2, 0) is 27.3 Å². The first-order valence-corrected chi connectivity index (χ1v) is 13.3. The molecular formula is C28H38N4O3. The Hall–Kier alpha value is -2.85. The van der Waals surface area contributed by atoms with E-state index in [0.717, 1.165) is 76.6 Å². The number of benzene rings is 1. The number of likely N-dealkylation sites (tertiary alicyclic amines) is 2. The molecule has 0 spiro atoms. The maximum Gasteiger partial charge on any atom is 0.305 e. The van der Waals surface area contributed by atoms with Gasteiger partial charge in [0.25, 0.3) is 0 Å². The molecule has 0 N–H and O–H groups in total. The molecule has 1 aromatic carbocycles. The molecule has 35 heavy (non-hydrogen) atoms. The number of hydrogen-bond acceptors (Lipinski definition) is 5. The predicted octanol–water partition coefficient (Wildman–Crippen LogP) is 4.26. The molecule has 1 aromatic heterocycles. The number of carbonyl (C=O) groups excluding carboxylic acids is 2. The molecule has 2 fully saturated rings. The second kappa shape index (κ2) is 11.7. The van der Waals surface area contributed by atoms with E-state index in [1.165, 1.54) is 11.1 Å². The Bertz CT molecular complexity index is 1090. The van der Waals surface area contributed by atoms with Crippen LogP contribution in [0.5, 0.6) is 0 Å². The smallest absolute Gasteiger partial charge is 0.305 e. The quantitative estimate of drug-likeness (QED) is 0.477. The van der Waals surface area contributed by atoms with Crippen LogP contribution in [0.2, 0.25) is 0 Å². The van der Waals surface area contributed by atoms with Crippen molar-refractivity contribution in [1.82, 2.24) is 14.4 Å². The maximum absolute atomic E-state index is 13.6. The lowest BCUT2D eigenvalue weighted by molar-refractivity contribution is -0.143. The summed E-state index contributed by atoms with van der Waals surface area (Å²) in [5.41, 5.74) is 3.08. The van der Waals surface area contributed by atoms with Crippen molar-refractivity contribution in [2.75, 3.05) is 26.2 Å². The Labute approximate surface area is 208 Å². The topological polar surface area (TPSA) is 78.6 Å². The molecule has 7 heteroatoms. The highest BCUT2D eigenvalue weighted by molar-refractivity contribution is 5.83. The number of aromatic nitrogens is 1. The van der Waals surface area contributed by atoms with Gasteiger partial charge in [0.15, 0.2) is 0 Å². The molecule has 2 aromatic rings. The van der Waals surface area contributed by atoms with Crippen molar-refractivity contribution in [3.8, 4) is 6.07 Å². The molecule has 0 radical (unpaired) electrons. The van der Waals surface area contributed by atoms with E-state index in [4.69, 9.17) is 4.74 Å². The van der Waals surface area contributed by atoms with Crippen LogP contribution in [0.3, 0.4) is 0 Å². The second-order valence-electron chi connectivity index (χ2n) is 9.73. The van der Waals surface area contributed by atoms with Gasteiger partial charge in [0.2, 0.25) is 5.91 Å². The van der Waals surface area contributed by atoms with Crippen LogP contribution in [0, 0.1) is 11.3 Å². The van der Waals surface area contributed by atoms with Crippen LogP contribution in [0.15, 0.2) is 24.3 Å². The normalized spacial score (nSPS) is 20.4. The minimum Gasteiger partial charge on any atom is -0.466 e. The molecule has 2 atom stereocenters.